The first-order chi connectivity index (χ1) is 14.6. The second-order valence-corrected chi connectivity index (χ2v) is 7.68. The second-order valence-electron chi connectivity index (χ2n) is 7.68. The molecule has 2 aromatic rings. The molecule has 160 valence electrons. The minimum Gasteiger partial charge on any atom is -0.497 e. The number of benzene rings is 2. The van der Waals surface area contributed by atoms with Crippen LogP contribution in [0.3, 0.4) is 0 Å². The van der Waals surface area contributed by atoms with Gasteiger partial charge in [0.1, 0.15) is 11.5 Å². The highest BCUT2D eigenvalue weighted by Crippen LogP contribution is 2.20. The molecular weight excluding hydrogens is 380 g/mol. The summed E-state index contributed by atoms with van der Waals surface area (Å²) in [6, 6.07) is 14.9. The highest BCUT2D eigenvalue weighted by atomic mass is 16.5. The Morgan fingerprint density at radius 3 is 1.43 bits per heavy atom. The standard InChI is InChI=1S/C24H30N2O4/c1-29-19-11-7-17(8-12-19)15-23(27)25-21-5-3-4-6-22(21)26-24(28)16-18-9-13-20(30-2)14-10-18/h7-14,21-22H,3-6,15-16H2,1-2H3,(H,25,27)(H,26,28)/t21-,22-/m0/s1. The summed E-state index contributed by atoms with van der Waals surface area (Å²) in [6.07, 6.45) is 4.49. The highest BCUT2D eigenvalue weighted by Gasteiger charge is 2.27. The number of hydrogen-bond acceptors (Lipinski definition) is 4. The molecule has 2 aromatic carbocycles. The number of nitrogens with one attached hydrogen (secondary N) is 2. The van der Waals surface area contributed by atoms with E-state index in [-0.39, 0.29) is 23.9 Å². The molecule has 0 unspecified atom stereocenters. The quantitative estimate of drug-likeness (QED) is 0.701. The summed E-state index contributed by atoms with van der Waals surface area (Å²) in [5.74, 6) is 1.49. The van der Waals surface area contributed by atoms with E-state index < -0.39 is 0 Å². The lowest BCUT2D eigenvalue weighted by Crippen LogP contribution is -2.53. The van der Waals surface area contributed by atoms with Crippen molar-refractivity contribution in [3.05, 3.63) is 59.7 Å². The molecule has 2 N–H and O–H groups in total. The van der Waals surface area contributed by atoms with Crippen LogP contribution in [0.15, 0.2) is 48.5 Å². The first kappa shape index (κ1) is 21.7. The fraction of sp³-hybridized carbons (Fsp3) is 0.417. The van der Waals surface area contributed by atoms with E-state index in [1.807, 2.05) is 48.5 Å². The number of hydrogen-bond donors (Lipinski definition) is 2. The maximum Gasteiger partial charge on any atom is 0.224 e. The van der Waals surface area contributed by atoms with Gasteiger partial charge in [0.25, 0.3) is 0 Å². The van der Waals surface area contributed by atoms with Crippen molar-refractivity contribution in [1.82, 2.24) is 10.6 Å². The molecule has 0 aliphatic heterocycles. The van der Waals surface area contributed by atoms with Gasteiger partial charge in [-0.3, -0.25) is 9.59 Å². The minimum atomic E-state index is -0.0377. The predicted molar refractivity (Wildman–Crippen MR) is 116 cm³/mol. The summed E-state index contributed by atoms with van der Waals surface area (Å²) >= 11 is 0. The molecule has 2 atom stereocenters. The van der Waals surface area contributed by atoms with Crippen LogP contribution in [0.4, 0.5) is 0 Å². The normalized spacial score (nSPS) is 18.3. The van der Waals surface area contributed by atoms with Crippen LogP contribution in [0.2, 0.25) is 0 Å². The van der Waals surface area contributed by atoms with Gasteiger partial charge < -0.3 is 20.1 Å². The zero-order valence-corrected chi connectivity index (χ0v) is 17.6. The third-order valence-corrected chi connectivity index (χ3v) is 5.51. The molecule has 6 heteroatoms. The van der Waals surface area contributed by atoms with Gasteiger partial charge in [0.15, 0.2) is 0 Å². The largest absolute Gasteiger partial charge is 0.497 e. The smallest absolute Gasteiger partial charge is 0.224 e. The monoisotopic (exact) mass is 410 g/mol. The van der Waals surface area contributed by atoms with Gasteiger partial charge in [0, 0.05) is 12.1 Å². The second kappa shape index (κ2) is 10.7. The van der Waals surface area contributed by atoms with Gasteiger partial charge in [0.2, 0.25) is 11.8 Å². The number of carbonyl (C=O) groups excluding carboxylic acids is 2. The molecule has 1 aliphatic carbocycles. The molecule has 0 bridgehead atoms. The van der Waals surface area contributed by atoms with Crippen LogP contribution in [0, 0.1) is 0 Å². The van der Waals surface area contributed by atoms with Crippen LogP contribution in [-0.4, -0.2) is 38.1 Å². The van der Waals surface area contributed by atoms with Crippen LogP contribution in [0.1, 0.15) is 36.8 Å². The zero-order valence-electron chi connectivity index (χ0n) is 17.6. The zero-order chi connectivity index (χ0) is 21.3. The van der Waals surface area contributed by atoms with Crippen LogP contribution in [-0.2, 0) is 22.4 Å². The van der Waals surface area contributed by atoms with Gasteiger partial charge in [-0.15, -0.1) is 0 Å². The third kappa shape index (κ3) is 6.24. The van der Waals surface area contributed by atoms with E-state index in [2.05, 4.69) is 10.6 Å². The Balaban J connectivity index is 1.52. The molecule has 6 nitrogen and oxygen atoms in total. The van der Waals surface area contributed by atoms with Crippen LogP contribution in [0.5, 0.6) is 11.5 Å². The van der Waals surface area contributed by atoms with Crippen LogP contribution in [0.25, 0.3) is 0 Å². The third-order valence-electron chi connectivity index (χ3n) is 5.51. The maximum atomic E-state index is 12.6. The fourth-order valence-corrected chi connectivity index (χ4v) is 3.85. The molecule has 0 saturated heterocycles. The lowest BCUT2D eigenvalue weighted by Gasteiger charge is -2.33. The van der Waals surface area contributed by atoms with Crippen molar-refractivity contribution in [2.45, 2.75) is 50.6 Å². The maximum absolute atomic E-state index is 12.6. The average Bonchev–Trinajstić information content (AvgIpc) is 2.76. The molecular formula is C24H30N2O4. The van der Waals surface area contributed by atoms with E-state index in [0.29, 0.717) is 12.8 Å². The first-order valence-corrected chi connectivity index (χ1v) is 10.4. The van der Waals surface area contributed by atoms with Crippen LogP contribution < -0.4 is 20.1 Å². The van der Waals surface area contributed by atoms with Gasteiger partial charge in [0.05, 0.1) is 27.1 Å². The molecule has 0 heterocycles. The number of methoxy groups -OCH3 is 2. The van der Waals surface area contributed by atoms with E-state index in [4.69, 9.17) is 9.47 Å². The predicted octanol–water partition coefficient (Wildman–Crippen LogP) is 3.03. The van der Waals surface area contributed by atoms with Crippen molar-refractivity contribution >= 4 is 11.8 Å². The first-order valence-electron chi connectivity index (χ1n) is 10.4. The van der Waals surface area contributed by atoms with E-state index in [9.17, 15) is 9.59 Å². The van der Waals surface area contributed by atoms with Crippen LogP contribution >= 0.6 is 0 Å². The Hall–Kier alpha value is -3.02. The number of ether oxygens (including phenoxy) is 2. The van der Waals surface area contributed by atoms with Gasteiger partial charge in [-0.05, 0) is 48.2 Å². The summed E-state index contributed by atoms with van der Waals surface area (Å²) in [5.41, 5.74) is 1.87. The topological polar surface area (TPSA) is 76.7 Å². The Labute approximate surface area is 178 Å². The van der Waals surface area contributed by atoms with Crippen molar-refractivity contribution in [3.63, 3.8) is 0 Å². The van der Waals surface area contributed by atoms with E-state index >= 15 is 0 Å². The Morgan fingerprint density at radius 2 is 1.10 bits per heavy atom. The molecule has 0 aromatic heterocycles. The van der Waals surface area contributed by atoms with Crippen molar-refractivity contribution in [2.24, 2.45) is 0 Å². The van der Waals surface area contributed by atoms with Crippen molar-refractivity contribution in [2.75, 3.05) is 14.2 Å². The van der Waals surface area contributed by atoms with Gasteiger partial charge in [-0.1, -0.05) is 37.1 Å². The minimum absolute atomic E-state index is 0.0264. The molecule has 30 heavy (non-hydrogen) atoms. The molecule has 2 amide bonds. The van der Waals surface area contributed by atoms with E-state index in [1.54, 1.807) is 14.2 Å². The number of carbonyl (C=O) groups is 2. The SMILES string of the molecule is COc1ccc(CC(=O)N[C@H]2CCCC[C@@H]2NC(=O)Cc2ccc(OC)cc2)cc1. The summed E-state index contributed by atoms with van der Waals surface area (Å²) in [7, 11) is 3.24. The molecule has 0 spiro atoms. The summed E-state index contributed by atoms with van der Waals surface area (Å²) in [4.78, 5) is 25.1. The average molecular weight is 411 g/mol. The number of amides is 2. The van der Waals surface area contributed by atoms with Gasteiger partial charge >= 0.3 is 0 Å². The molecule has 1 saturated carbocycles. The molecule has 0 radical (unpaired) electrons. The Morgan fingerprint density at radius 1 is 0.733 bits per heavy atom. The molecule has 1 aliphatic rings. The van der Waals surface area contributed by atoms with E-state index in [1.165, 1.54) is 0 Å². The van der Waals surface area contributed by atoms with Crippen molar-refractivity contribution in [1.29, 1.82) is 0 Å². The van der Waals surface area contributed by atoms with Gasteiger partial charge in [-0.25, -0.2) is 0 Å². The summed E-state index contributed by atoms with van der Waals surface area (Å²) in [6.45, 7) is 0. The van der Waals surface area contributed by atoms with Crippen molar-refractivity contribution in [3.8, 4) is 11.5 Å². The molecule has 1 fully saturated rings. The highest BCUT2D eigenvalue weighted by molar-refractivity contribution is 5.80. The van der Waals surface area contributed by atoms with E-state index in [0.717, 1.165) is 48.3 Å². The lowest BCUT2D eigenvalue weighted by atomic mass is 9.89. The molecule has 3 rings (SSSR count). The Kier molecular flexibility index (Phi) is 7.71. The van der Waals surface area contributed by atoms with Crippen molar-refractivity contribution < 1.29 is 19.1 Å². The Bertz CT molecular complexity index is 762. The summed E-state index contributed by atoms with van der Waals surface area (Å²) in [5, 5.41) is 6.26. The lowest BCUT2D eigenvalue weighted by molar-refractivity contribution is -0.124. The number of rotatable bonds is 8. The fourth-order valence-electron chi connectivity index (χ4n) is 3.85. The van der Waals surface area contributed by atoms with Gasteiger partial charge in [-0.2, -0.15) is 0 Å². The summed E-state index contributed by atoms with van der Waals surface area (Å²) < 4.78 is 10.3.